The largest absolute Gasteiger partial charge is 0.322 e. The first-order valence-electron chi connectivity index (χ1n) is 11.1. The summed E-state index contributed by atoms with van der Waals surface area (Å²) in [5.41, 5.74) is 2.00. The van der Waals surface area contributed by atoms with Crippen LogP contribution in [0.4, 0.5) is 10.8 Å². The number of hydrogen-bond acceptors (Lipinski definition) is 4. The molecule has 4 aliphatic rings. The molecule has 158 valence electrons. The van der Waals surface area contributed by atoms with Crippen molar-refractivity contribution in [3.05, 3.63) is 54.1 Å². The van der Waals surface area contributed by atoms with Crippen LogP contribution in [0, 0.1) is 23.2 Å². The predicted molar refractivity (Wildman–Crippen MR) is 123 cm³/mol. The van der Waals surface area contributed by atoms with Gasteiger partial charge in [0, 0.05) is 11.3 Å². The Bertz CT molecular complexity index is 1130. The van der Waals surface area contributed by atoms with E-state index in [0.29, 0.717) is 10.7 Å². The fourth-order valence-electron chi connectivity index (χ4n) is 6.47. The molecule has 31 heavy (non-hydrogen) atoms. The average molecular weight is 432 g/mol. The molecule has 4 aliphatic carbocycles. The summed E-state index contributed by atoms with van der Waals surface area (Å²) >= 11 is 1.47. The molecule has 4 bridgehead atoms. The Morgan fingerprint density at radius 3 is 2.26 bits per heavy atom. The molecule has 4 saturated carbocycles. The van der Waals surface area contributed by atoms with Crippen LogP contribution in [0.3, 0.4) is 0 Å². The number of fused-ring (bicyclic) bond motifs is 1. The summed E-state index contributed by atoms with van der Waals surface area (Å²) in [4.78, 5) is 30.4. The third-order valence-corrected chi connectivity index (χ3v) is 8.36. The molecule has 0 spiro atoms. The maximum atomic E-state index is 13.3. The number of nitrogens with one attached hydrogen (secondary N) is 2. The minimum Gasteiger partial charge on any atom is -0.322 e. The van der Waals surface area contributed by atoms with Gasteiger partial charge in [-0.05, 0) is 86.6 Å². The number of carbonyl (C=O) groups excluding carboxylic acids is 2. The molecule has 5 nitrogen and oxygen atoms in total. The van der Waals surface area contributed by atoms with Gasteiger partial charge in [0.25, 0.3) is 5.91 Å². The van der Waals surface area contributed by atoms with E-state index >= 15 is 0 Å². The lowest BCUT2D eigenvalue weighted by atomic mass is 9.49. The standard InChI is InChI=1S/C25H25N3O2S/c29-22(18-4-2-1-3-5-18)26-19-6-7-20-21(11-19)31-24(27-20)28-23(30)25-12-15-8-16(13-25)10-17(9-15)14-25/h1-7,11,15-17H,8-10,12-14H2,(H,26,29)(H,27,28,30). The zero-order valence-corrected chi connectivity index (χ0v) is 18.1. The fraction of sp³-hybridized carbons (Fsp3) is 0.400. The highest BCUT2D eigenvalue weighted by Crippen LogP contribution is 2.60. The van der Waals surface area contributed by atoms with Crippen molar-refractivity contribution in [3.8, 4) is 0 Å². The van der Waals surface area contributed by atoms with Crippen molar-refractivity contribution in [2.24, 2.45) is 23.2 Å². The summed E-state index contributed by atoms with van der Waals surface area (Å²) in [7, 11) is 0. The van der Waals surface area contributed by atoms with Gasteiger partial charge in [-0.15, -0.1) is 0 Å². The third-order valence-electron chi connectivity index (χ3n) is 7.42. The highest BCUT2D eigenvalue weighted by Gasteiger charge is 2.54. The van der Waals surface area contributed by atoms with Gasteiger partial charge in [-0.2, -0.15) is 0 Å². The highest BCUT2D eigenvalue weighted by molar-refractivity contribution is 7.22. The van der Waals surface area contributed by atoms with Gasteiger partial charge in [0.1, 0.15) is 0 Å². The number of benzene rings is 2. The van der Waals surface area contributed by atoms with E-state index in [1.807, 2.05) is 36.4 Å². The second kappa shape index (κ2) is 7.16. The van der Waals surface area contributed by atoms with Crippen molar-refractivity contribution in [3.63, 3.8) is 0 Å². The topological polar surface area (TPSA) is 71.1 Å². The molecule has 2 amide bonds. The maximum Gasteiger partial charge on any atom is 0.255 e. The van der Waals surface area contributed by atoms with Gasteiger partial charge in [-0.25, -0.2) is 4.98 Å². The summed E-state index contributed by atoms with van der Waals surface area (Å²) in [6.07, 6.45) is 7.11. The van der Waals surface area contributed by atoms with Crippen molar-refractivity contribution in [2.45, 2.75) is 38.5 Å². The van der Waals surface area contributed by atoms with E-state index in [1.165, 1.54) is 30.6 Å². The fourth-order valence-corrected chi connectivity index (χ4v) is 7.37. The number of amides is 2. The van der Waals surface area contributed by atoms with E-state index in [-0.39, 0.29) is 17.2 Å². The Kier molecular flexibility index (Phi) is 4.39. The predicted octanol–water partition coefficient (Wildman–Crippen LogP) is 5.70. The second-order valence-electron chi connectivity index (χ2n) is 9.67. The molecule has 2 aromatic carbocycles. The van der Waals surface area contributed by atoms with Gasteiger partial charge in [-0.3, -0.25) is 9.59 Å². The van der Waals surface area contributed by atoms with Crippen molar-refractivity contribution >= 4 is 44.2 Å². The molecular formula is C25H25N3O2S. The molecule has 1 heterocycles. The molecular weight excluding hydrogens is 406 g/mol. The van der Waals surface area contributed by atoms with E-state index in [4.69, 9.17) is 0 Å². The maximum absolute atomic E-state index is 13.3. The van der Waals surface area contributed by atoms with Crippen LogP contribution in [0.1, 0.15) is 48.9 Å². The minimum atomic E-state index is -0.179. The van der Waals surface area contributed by atoms with Crippen LogP contribution in [0.5, 0.6) is 0 Å². The first-order chi connectivity index (χ1) is 15.1. The zero-order chi connectivity index (χ0) is 21.0. The molecule has 6 heteroatoms. The van der Waals surface area contributed by atoms with Crippen molar-refractivity contribution in [2.75, 3.05) is 10.6 Å². The molecule has 7 rings (SSSR count). The molecule has 0 aliphatic heterocycles. The number of nitrogens with zero attached hydrogens (tertiary/aromatic N) is 1. The van der Waals surface area contributed by atoms with Gasteiger partial charge in [0.15, 0.2) is 5.13 Å². The Hall–Kier alpha value is -2.73. The molecule has 1 aromatic heterocycles. The lowest BCUT2D eigenvalue weighted by Crippen LogP contribution is -2.51. The first kappa shape index (κ1) is 19.0. The van der Waals surface area contributed by atoms with Crippen LogP contribution in [0.25, 0.3) is 10.2 Å². The molecule has 0 radical (unpaired) electrons. The number of anilines is 2. The van der Waals surface area contributed by atoms with Gasteiger partial charge >= 0.3 is 0 Å². The van der Waals surface area contributed by atoms with Crippen LogP contribution in [-0.2, 0) is 4.79 Å². The van der Waals surface area contributed by atoms with E-state index in [9.17, 15) is 9.59 Å². The monoisotopic (exact) mass is 431 g/mol. The summed E-state index contributed by atoms with van der Waals surface area (Å²) in [6, 6.07) is 14.8. The lowest BCUT2D eigenvalue weighted by molar-refractivity contribution is -0.140. The Balaban J connectivity index is 1.19. The number of aromatic nitrogens is 1. The van der Waals surface area contributed by atoms with Gasteiger partial charge < -0.3 is 10.6 Å². The molecule has 0 saturated heterocycles. The van der Waals surface area contributed by atoms with E-state index < -0.39 is 0 Å². The summed E-state index contributed by atoms with van der Waals surface area (Å²) in [5, 5.41) is 6.75. The summed E-state index contributed by atoms with van der Waals surface area (Å²) in [5.74, 6) is 2.25. The smallest absolute Gasteiger partial charge is 0.255 e. The summed E-state index contributed by atoms with van der Waals surface area (Å²) < 4.78 is 0.951. The Labute approximate surface area is 185 Å². The Morgan fingerprint density at radius 1 is 0.903 bits per heavy atom. The van der Waals surface area contributed by atoms with E-state index in [0.717, 1.165) is 52.9 Å². The van der Waals surface area contributed by atoms with E-state index in [1.54, 1.807) is 12.1 Å². The molecule has 2 N–H and O–H groups in total. The van der Waals surface area contributed by atoms with Gasteiger partial charge in [-0.1, -0.05) is 29.5 Å². The average Bonchev–Trinajstić information content (AvgIpc) is 3.15. The first-order valence-corrected chi connectivity index (χ1v) is 12.0. The molecule has 3 aromatic rings. The van der Waals surface area contributed by atoms with Crippen molar-refractivity contribution in [1.82, 2.24) is 4.98 Å². The minimum absolute atomic E-state index is 0.139. The van der Waals surface area contributed by atoms with Crippen molar-refractivity contribution in [1.29, 1.82) is 0 Å². The molecule has 4 fully saturated rings. The molecule has 0 unspecified atom stereocenters. The summed E-state index contributed by atoms with van der Waals surface area (Å²) in [6.45, 7) is 0. The number of carbonyl (C=O) groups is 2. The van der Waals surface area contributed by atoms with Gasteiger partial charge in [0.05, 0.1) is 15.6 Å². The Morgan fingerprint density at radius 2 is 1.58 bits per heavy atom. The normalized spacial score (nSPS) is 28.6. The van der Waals surface area contributed by atoms with Crippen molar-refractivity contribution < 1.29 is 9.59 Å². The van der Waals surface area contributed by atoms with Crippen LogP contribution >= 0.6 is 11.3 Å². The third kappa shape index (κ3) is 3.43. The van der Waals surface area contributed by atoms with Gasteiger partial charge in [0.2, 0.25) is 5.91 Å². The van der Waals surface area contributed by atoms with E-state index in [2.05, 4.69) is 15.6 Å². The van der Waals surface area contributed by atoms with Crippen LogP contribution < -0.4 is 10.6 Å². The highest BCUT2D eigenvalue weighted by atomic mass is 32.1. The number of rotatable bonds is 4. The zero-order valence-electron chi connectivity index (χ0n) is 17.3. The van der Waals surface area contributed by atoms with Crippen LogP contribution in [0.2, 0.25) is 0 Å². The van der Waals surface area contributed by atoms with Crippen LogP contribution in [-0.4, -0.2) is 16.8 Å². The molecule has 0 atom stereocenters. The lowest BCUT2D eigenvalue weighted by Gasteiger charge is -2.55. The quantitative estimate of drug-likeness (QED) is 0.556. The second-order valence-corrected chi connectivity index (χ2v) is 10.7. The van der Waals surface area contributed by atoms with Crippen LogP contribution in [0.15, 0.2) is 48.5 Å². The number of hydrogen-bond donors (Lipinski definition) is 2. The SMILES string of the molecule is O=C(Nc1ccc2nc(NC(=O)C34CC5CC(CC(C5)C3)C4)sc2c1)c1ccccc1. The number of thiazole rings is 1.